The van der Waals surface area contributed by atoms with Gasteiger partial charge in [0, 0.05) is 0 Å². The van der Waals surface area contributed by atoms with Gasteiger partial charge in [0.2, 0.25) is 0 Å². The van der Waals surface area contributed by atoms with E-state index >= 15 is 0 Å². The Hall–Kier alpha value is -2.94. The van der Waals surface area contributed by atoms with Gasteiger partial charge in [-0.3, -0.25) is 0 Å². The van der Waals surface area contributed by atoms with E-state index in [1.54, 1.807) is 0 Å². The summed E-state index contributed by atoms with van der Waals surface area (Å²) in [6, 6.07) is 12.8. The van der Waals surface area contributed by atoms with Gasteiger partial charge in [-0.1, -0.05) is 167 Å². The van der Waals surface area contributed by atoms with Gasteiger partial charge >= 0.3 is 0 Å². The van der Waals surface area contributed by atoms with E-state index in [2.05, 4.69) is 168 Å². The summed E-state index contributed by atoms with van der Waals surface area (Å²) in [5.74, 6) is 1.30. The molecule has 0 aromatic heterocycles. The van der Waals surface area contributed by atoms with Crippen LogP contribution < -0.4 is 0 Å². The van der Waals surface area contributed by atoms with E-state index in [0.29, 0.717) is 17.2 Å². The molecule has 0 saturated carbocycles. The molecular formula is C44H68O3. The van der Waals surface area contributed by atoms with Crippen LogP contribution in [0.3, 0.4) is 0 Å². The number of benzene rings is 3. The van der Waals surface area contributed by atoms with Crippen molar-refractivity contribution < 1.29 is 15.3 Å². The Bertz CT molecular complexity index is 1380. The molecule has 0 heterocycles. The molecule has 3 aromatic rings. The molecule has 0 atom stereocenters. The third-order valence-corrected chi connectivity index (χ3v) is 8.85. The molecule has 0 amide bonds. The number of hydrogen-bond donors (Lipinski definition) is 3. The van der Waals surface area contributed by atoms with Gasteiger partial charge in [0.05, 0.1) is 0 Å². The molecule has 47 heavy (non-hydrogen) atoms. The zero-order valence-electron chi connectivity index (χ0n) is 33.5. The summed E-state index contributed by atoms with van der Waals surface area (Å²) in [5, 5.41) is 32.5. The zero-order valence-corrected chi connectivity index (χ0v) is 33.5. The molecule has 3 N–H and O–H groups in total. The molecule has 0 bridgehead atoms. The Morgan fingerprint density at radius 3 is 0.681 bits per heavy atom. The standard InChI is InChI=1S/C29H44O2.C15H24O/c1-26(2,3)20-14-18(15-21(24(20)30)27(4,5)6)13-19-16-22(28(7,8)9)25(31)23(17-19)29(10,11)12;1-10-8-11(14(2,3)4)13(16)12(9-10)15(5,6)7/h14-17,30-31H,13H2,1-12H3;8-9,16H,1-7H3. The van der Waals surface area contributed by atoms with Crippen LogP contribution in [-0.4, -0.2) is 15.3 Å². The lowest BCUT2D eigenvalue weighted by Crippen LogP contribution is -2.19. The van der Waals surface area contributed by atoms with Crippen LogP contribution in [0.15, 0.2) is 36.4 Å². The molecule has 3 heteroatoms. The maximum atomic E-state index is 11.1. The van der Waals surface area contributed by atoms with E-state index < -0.39 is 0 Å². The predicted molar refractivity (Wildman–Crippen MR) is 204 cm³/mol. The monoisotopic (exact) mass is 645 g/mol. The lowest BCUT2D eigenvalue weighted by Gasteiger charge is -2.29. The van der Waals surface area contributed by atoms with Gasteiger partial charge in [-0.05, 0) is 90.3 Å². The number of phenolic OH excluding ortho intramolecular Hbond substituents is 3. The highest BCUT2D eigenvalue weighted by atomic mass is 16.3. The Labute approximate surface area is 288 Å². The van der Waals surface area contributed by atoms with Crippen LogP contribution in [0, 0.1) is 6.92 Å². The molecular weight excluding hydrogens is 576 g/mol. The molecule has 0 unspecified atom stereocenters. The quantitative estimate of drug-likeness (QED) is 0.260. The number of aryl methyl sites for hydroxylation is 1. The van der Waals surface area contributed by atoms with Gasteiger partial charge in [-0.25, -0.2) is 0 Å². The molecule has 3 aromatic carbocycles. The van der Waals surface area contributed by atoms with Crippen molar-refractivity contribution in [2.45, 2.75) is 170 Å². The first-order chi connectivity index (χ1) is 20.8. The minimum absolute atomic E-state index is 0.0178. The third-order valence-electron chi connectivity index (χ3n) is 8.85. The van der Waals surface area contributed by atoms with E-state index in [9.17, 15) is 15.3 Å². The Morgan fingerprint density at radius 1 is 0.340 bits per heavy atom. The average molecular weight is 645 g/mol. The van der Waals surface area contributed by atoms with E-state index in [0.717, 1.165) is 39.8 Å². The first kappa shape index (κ1) is 40.2. The summed E-state index contributed by atoms with van der Waals surface area (Å²) in [7, 11) is 0. The van der Waals surface area contributed by atoms with E-state index in [4.69, 9.17) is 0 Å². The zero-order chi connectivity index (χ0) is 36.9. The second kappa shape index (κ2) is 13.2. The van der Waals surface area contributed by atoms with Crippen molar-refractivity contribution >= 4 is 0 Å². The highest BCUT2D eigenvalue weighted by Crippen LogP contribution is 2.43. The van der Waals surface area contributed by atoms with Gasteiger partial charge in [0.15, 0.2) is 0 Å². The Balaban J connectivity index is 0.000000403. The lowest BCUT2D eigenvalue weighted by molar-refractivity contribution is 0.421. The van der Waals surface area contributed by atoms with E-state index in [-0.39, 0.29) is 32.5 Å². The number of hydrogen-bond acceptors (Lipinski definition) is 3. The summed E-state index contributed by atoms with van der Waals surface area (Å²) in [5.41, 5.74) is 8.99. The van der Waals surface area contributed by atoms with Crippen molar-refractivity contribution in [3.8, 4) is 17.2 Å². The van der Waals surface area contributed by atoms with Crippen LogP contribution >= 0.6 is 0 Å². The Morgan fingerprint density at radius 2 is 0.511 bits per heavy atom. The van der Waals surface area contributed by atoms with Crippen molar-refractivity contribution in [2.24, 2.45) is 0 Å². The lowest BCUT2D eigenvalue weighted by atomic mass is 9.76. The summed E-state index contributed by atoms with van der Waals surface area (Å²) in [6.45, 7) is 40.6. The SMILES string of the molecule is CC(C)(C)c1cc(Cc2cc(C(C)(C)C)c(O)c(C(C)(C)C)c2)cc(C(C)(C)C)c1O.Cc1cc(C(C)(C)C)c(O)c(C(C)(C)C)c1. The van der Waals surface area contributed by atoms with Gasteiger partial charge in [0.1, 0.15) is 17.2 Å². The maximum absolute atomic E-state index is 11.1. The number of phenols is 3. The van der Waals surface area contributed by atoms with Gasteiger partial charge in [-0.2, -0.15) is 0 Å². The van der Waals surface area contributed by atoms with Crippen LogP contribution in [0.4, 0.5) is 0 Å². The van der Waals surface area contributed by atoms with Gasteiger partial charge in [-0.15, -0.1) is 0 Å². The molecule has 0 aliphatic carbocycles. The maximum Gasteiger partial charge on any atom is 0.123 e. The van der Waals surface area contributed by atoms with E-state index in [1.165, 1.54) is 16.7 Å². The van der Waals surface area contributed by atoms with Crippen LogP contribution in [0.5, 0.6) is 17.2 Å². The average Bonchev–Trinajstić information content (AvgIpc) is 2.83. The first-order valence-electron chi connectivity index (χ1n) is 17.3. The predicted octanol–water partition coefficient (Wildman–Crippen LogP) is 12.2. The fourth-order valence-corrected chi connectivity index (χ4v) is 6.04. The largest absolute Gasteiger partial charge is 0.507 e. The van der Waals surface area contributed by atoms with Crippen LogP contribution in [0.2, 0.25) is 0 Å². The summed E-state index contributed by atoms with van der Waals surface area (Å²) in [6.07, 6.45) is 0.763. The molecule has 3 nitrogen and oxygen atoms in total. The minimum Gasteiger partial charge on any atom is -0.507 e. The molecule has 0 aliphatic heterocycles. The van der Waals surface area contributed by atoms with Crippen LogP contribution in [-0.2, 0) is 38.9 Å². The van der Waals surface area contributed by atoms with Crippen molar-refractivity contribution in [3.05, 3.63) is 86.5 Å². The summed E-state index contributed by atoms with van der Waals surface area (Å²) < 4.78 is 0. The minimum atomic E-state index is -0.151. The highest BCUT2D eigenvalue weighted by molar-refractivity contribution is 5.54. The fourth-order valence-electron chi connectivity index (χ4n) is 6.04. The Kier molecular flexibility index (Phi) is 11.3. The molecule has 0 radical (unpaired) electrons. The summed E-state index contributed by atoms with van der Waals surface area (Å²) in [4.78, 5) is 0. The normalized spacial score (nSPS) is 13.3. The smallest absolute Gasteiger partial charge is 0.123 e. The van der Waals surface area contributed by atoms with Crippen molar-refractivity contribution in [1.29, 1.82) is 0 Å². The molecule has 0 spiro atoms. The van der Waals surface area contributed by atoms with Crippen LogP contribution in [0.1, 0.15) is 175 Å². The third kappa shape index (κ3) is 10.0. The van der Waals surface area contributed by atoms with Crippen molar-refractivity contribution in [1.82, 2.24) is 0 Å². The molecule has 3 rings (SSSR count). The fraction of sp³-hybridized carbons (Fsp3) is 0.591. The van der Waals surface area contributed by atoms with Crippen molar-refractivity contribution in [2.75, 3.05) is 0 Å². The molecule has 262 valence electrons. The van der Waals surface area contributed by atoms with E-state index in [1.807, 2.05) is 0 Å². The molecule has 0 saturated heterocycles. The first-order valence-corrected chi connectivity index (χ1v) is 17.3. The van der Waals surface area contributed by atoms with Gasteiger partial charge in [0.25, 0.3) is 0 Å². The number of rotatable bonds is 2. The second-order valence-electron chi connectivity index (χ2n) is 20.0. The molecule has 0 aliphatic rings. The second-order valence-corrected chi connectivity index (χ2v) is 20.0. The van der Waals surface area contributed by atoms with Crippen LogP contribution in [0.25, 0.3) is 0 Å². The highest BCUT2D eigenvalue weighted by Gasteiger charge is 2.29. The topological polar surface area (TPSA) is 60.7 Å². The van der Waals surface area contributed by atoms with Gasteiger partial charge < -0.3 is 15.3 Å². The molecule has 0 fully saturated rings. The summed E-state index contributed by atoms with van der Waals surface area (Å²) >= 11 is 0. The van der Waals surface area contributed by atoms with Crippen molar-refractivity contribution in [3.63, 3.8) is 0 Å². The number of aromatic hydroxyl groups is 3.